The minimum Gasteiger partial charge on any atom is -0.452 e. The van der Waals surface area contributed by atoms with E-state index in [0.717, 1.165) is 12.1 Å². The Morgan fingerprint density at radius 2 is 1.92 bits per heavy atom. The van der Waals surface area contributed by atoms with E-state index in [1.807, 2.05) is 5.32 Å². The number of amides is 3. The number of esters is 1. The van der Waals surface area contributed by atoms with Crippen LogP contribution in [0.4, 0.5) is 4.79 Å². The summed E-state index contributed by atoms with van der Waals surface area (Å²) in [5, 5.41) is 9.19. The number of hydrogen-bond donors (Lipinski definition) is 3. The molecule has 0 atom stereocenters. The minimum atomic E-state index is -4.12. The SMILES string of the molecule is CC(C)NC(=O)NC(=O)COC(=O)c1ccc(Cl)c(S(N)(=O)=O)c1. The molecule has 24 heavy (non-hydrogen) atoms. The van der Waals surface area contributed by atoms with Crippen LogP contribution in [-0.2, 0) is 19.6 Å². The average Bonchev–Trinajstić information content (AvgIpc) is 2.42. The minimum absolute atomic E-state index is 0.155. The van der Waals surface area contributed by atoms with Crippen molar-refractivity contribution in [2.75, 3.05) is 6.61 Å². The van der Waals surface area contributed by atoms with Crippen LogP contribution in [0.1, 0.15) is 24.2 Å². The summed E-state index contributed by atoms with van der Waals surface area (Å²) in [6.45, 7) is 2.68. The van der Waals surface area contributed by atoms with E-state index in [1.54, 1.807) is 13.8 Å². The lowest BCUT2D eigenvalue weighted by molar-refractivity contribution is -0.123. The van der Waals surface area contributed by atoms with Crippen molar-refractivity contribution in [1.29, 1.82) is 0 Å². The van der Waals surface area contributed by atoms with Crippen LogP contribution in [0.2, 0.25) is 5.02 Å². The van der Waals surface area contributed by atoms with Crippen LogP contribution in [0.25, 0.3) is 0 Å². The van der Waals surface area contributed by atoms with Crippen LogP contribution < -0.4 is 15.8 Å². The van der Waals surface area contributed by atoms with Crippen LogP contribution >= 0.6 is 11.6 Å². The van der Waals surface area contributed by atoms with Gasteiger partial charge in [-0.25, -0.2) is 23.1 Å². The summed E-state index contributed by atoms with van der Waals surface area (Å²) in [5.74, 6) is -1.82. The van der Waals surface area contributed by atoms with E-state index in [-0.39, 0.29) is 16.6 Å². The van der Waals surface area contributed by atoms with Gasteiger partial charge in [-0.1, -0.05) is 11.6 Å². The number of nitrogens with one attached hydrogen (secondary N) is 2. The summed E-state index contributed by atoms with van der Waals surface area (Å²) < 4.78 is 27.4. The average molecular weight is 378 g/mol. The Kier molecular flexibility index (Phi) is 6.70. The predicted molar refractivity (Wildman–Crippen MR) is 84.9 cm³/mol. The Balaban J connectivity index is 2.70. The fourth-order valence-electron chi connectivity index (χ4n) is 1.52. The first-order valence-corrected chi connectivity index (χ1v) is 8.53. The van der Waals surface area contributed by atoms with Crippen molar-refractivity contribution in [3.05, 3.63) is 28.8 Å². The quantitative estimate of drug-likeness (QED) is 0.632. The van der Waals surface area contributed by atoms with Crippen LogP contribution in [-0.4, -0.2) is 39.0 Å². The fraction of sp³-hybridized carbons (Fsp3) is 0.308. The number of imide groups is 1. The summed E-state index contributed by atoms with van der Waals surface area (Å²) in [7, 11) is -4.12. The van der Waals surface area contributed by atoms with Crippen molar-refractivity contribution in [3.8, 4) is 0 Å². The highest BCUT2D eigenvalue weighted by molar-refractivity contribution is 7.89. The van der Waals surface area contributed by atoms with Gasteiger partial charge in [0.25, 0.3) is 5.91 Å². The van der Waals surface area contributed by atoms with Gasteiger partial charge in [-0.05, 0) is 32.0 Å². The van der Waals surface area contributed by atoms with Gasteiger partial charge < -0.3 is 10.1 Å². The number of benzene rings is 1. The molecule has 0 aromatic heterocycles. The van der Waals surface area contributed by atoms with Gasteiger partial charge in [0.2, 0.25) is 10.0 Å². The lowest BCUT2D eigenvalue weighted by atomic mass is 10.2. The third kappa shape index (κ3) is 6.14. The molecule has 3 amide bonds. The monoisotopic (exact) mass is 377 g/mol. The van der Waals surface area contributed by atoms with Gasteiger partial charge in [0.1, 0.15) is 4.90 Å². The van der Waals surface area contributed by atoms with Gasteiger partial charge in [0.05, 0.1) is 10.6 Å². The maximum Gasteiger partial charge on any atom is 0.338 e. The summed E-state index contributed by atoms with van der Waals surface area (Å²) in [5.41, 5.74) is -0.164. The Bertz CT molecular complexity index is 763. The molecule has 11 heteroatoms. The number of primary sulfonamides is 1. The second-order valence-electron chi connectivity index (χ2n) is 4.94. The Hall–Kier alpha value is -2.17. The van der Waals surface area contributed by atoms with Crippen LogP contribution in [0, 0.1) is 0 Å². The van der Waals surface area contributed by atoms with Gasteiger partial charge in [-0.15, -0.1) is 0 Å². The van der Waals surface area contributed by atoms with Gasteiger partial charge >= 0.3 is 12.0 Å². The molecule has 0 aliphatic heterocycles. The Morgan fingerprint density at radius 1 is 1.29 bits per heavy atom. The molecule has 0 saturated heterocycles. The summed E-state index contributed by atoms with van der Waals surface area (Å²) in [6, 6.07) is 2.40. The van der Waals surface area contributed by atoms with E-state index in [2.05, 4.69) is 5.32 Å². The number of sulfonamides is 1. The lowest BCUT2D eigenvalue weighted by Crippen LogP contribution is -2.44. The van der Waals surface area contributed by atoms with Crippen LogP contribution in [0.5, 0.6) is 0 Å². The van der Waals surface area contributed by atoms with Crippen molar-refractivity contribution in [2.45, 2.75) is 24.8 Å². The second kappa shape index (κ2) is 8.08. The summed E-state index contributed by atoms with van der Waals surface area (Å²) in [6.07, 6.45) is 0. The molecule has 0 aliphatic carbocycles. The fourth-order valence-corrected chi connectivity index (χ4v) is 2.60. The standard InChI is InChI=1S/C13H16ClN3O6S/c1-7(2)16-13(20)17-11(18)6-23-12(19)8-3-4-9(14)10(5-8)24(15,21)22/h3-5,7H,6H2,1-2H3,(H2,15,21,22)(H2,16,17,18,20). The highest BCUT2D eigenvalue weighted by Gasteiger charge is 2.18. The number of hydrogen-bond acceptors (Lipinski definition) is 6. The molecule has 9 nitrogen and oxygen atoms in total. The summed E-state index contributed by atoms with van der Waals surface area (Å²) >= 11 is 5.69. The summed E-state index contributed by atoms with van der Waals surface area (Å²) in [4.78, 5) is 34.1. The van der Waals surface area contributed by atoms with E-state index in [9.17, 15) is 22.8 Å². The molecule has 0 fully saturated rings. The molecular formula is C13H16ClN3O6S. The number of halogens is 1. The maximum atomic E-state index is 11.8. The molecule has 1 aromatic carbocycles. The molecule has 0 spiro atoms. The number of carbonyl (C=O) groups is 3. The van der Waals surface area contributed by atoms with E-state index >= 15 is 0 Å². The molecule has 0 aliphatic rings. The first-order chi connectivity index (χ1) is 11.0. The Labute approximate surface area is 143 Å². The Morgan fingerprint density at radius 3 is 2.46 bits per heavy atom. The van der Waals surface area contributed by atoms with Crippen molar-refractivity contribution >= 4 is 39.5 Å². The third-order valence-electron chi connectivity index (χ3n) is 2.48. The highest BCUT2D eigenvalue weighted by Crippen LogP contribution is 2.21. The van der Waals surface area contributed by atoms with E-state index in [0.29, 0.717) is 0 Å². The smallest absolute Gasteiger partial charge is 0.338 e. The van der Waals surface area contributed by atoms with Crippen LogP contribution in [0.3, 0.4) is 0 Å². The second-order valence-corrected chi connectivity index (χ2v) is 6.88. The van der Waals surface area contributed by atoms with Gasteiger partial charge in [0, 0.05) is 6.04 Å². The number of urea groups is 1. The first kappa shape index (κ1) is 19.9. The van der Waals surface area contributed by atoms with Crippen molar-refractivity contribution < 1.29 is 27.5 Å². The maximum absolute atomic E-state index is 11.8. The van der Waals surface area contributed by atoms with E-state index in [4.69, 9.17) is 21.5 Å². The van der Waals surface area contributed by atoms with E-state index < -0.39 is 39.4 Å². The zero-order valence-corrected chi connectivity index (χ0v) is 14.4. The van der Waals surface area contributed by atoms with Crippen molar-refractivity contribution in [3.63, 3.8) is 0 Å². The number of rotatable bonds is 5. The predicted octanol–water partition coefficient (Wildman–Crippen LogP) is 0.378. The third-order valence-corrected chi connectivity index (χ3v) is 3.87. The van der Waals surface area contributed by atoms with Crippen molar-refractivity contribution in [2.24, 2.45) is 5.14 Å². The molecule has 4 N–H and O–H groups in total. The van der Waals surface area contributed by atoms with Gasteiger partial charge in [0.15, 0.2) is 6.61 Å². The molecule has 0 saturated carbocycles. The largest absolute Gasteiger partial charge is 0.452 e. The molecule has 0 radical (unpaired) electrons. The first-order valence-electron chi connectivity index (χ1n) is 6.60. The number of ether oxygens (including phenoxy) is 1. The van der Waals surface area contributed by atoms with Gasteiger partial charge in [-0.3, -0.25) is 10.1 Å². The van der Waals surface area contributed by atoms with Crippen LogP contribution in [0.15, 0.2) is 23.1 Å². The zero-order chi connectivity index (χ0) is 18.5. The molecular weight excluding hydrogens is 362 g/mol. The molecule has 0 unspecified atom stereocenters. The molecule has 0 bridgehead atoms. The molecule has 0 heterocycles. The molecule has 132 valence electrons. The normalized spacial score (nSPS) is 11.0. The molecule has 1 aromatic rings. The zero-order valence-electron chi connectivity index (χ0n) is 12.8. The molecule has 1 rings (SSSR count). The lowest BCUT2D eigenvalue weighted by Gasteiger charge is -2.10. The van der Waals surface area contributed by atoms with E-state index in [1.165, 1.54) is 6.07 Å². The van der Waals surface area contributed by atoms with Gasteiger partial charge in [-0.2, -0.15) is 0 Å². The highest BCUT2D eigenvalue weighted by atomic mass is 35.5. The van der Waals surface area contributed by atoms with Crippen molar-refractivity contribution in [1.82, 2.24) is 10.6 Å². The number of carbonyl (C=O) groups excluding carboxylic acids is 3. The number of nitrogens with two attached hydrogens (primary N) is 1. The topological polar surface area (TPSA) is 145 Å².